The number of carbonyl (C=O) groups is 2. The Morgan fingerprint density at radius 3 is 2.41 bits per heavy atom. The number of para-hydroxylation sites is 1. The summed E-state index contributed by atoms with van der Waals surface area (Å²) in [6.45, 7) is 1.78. The van der Waals surface area contributed by atoms with Gasteiger partial charge in [-0.1, -0.05) is 18.2 Å². The first kappa shape index (κ1) is 14.1. The fraction of sp³-hybridized carbons (Fsp3) is 0.111. The summed E-state index contributed by atoms with van der Waals surface area (Å²) in [7, 11) is 1.58. The van der Waals surface area contributed by atoms with Crippen LogP contribution in [0.5, 0.6) is 5.75 Å². The lowest BCUT2D eigenvalue weighted by Crippen LogP contribution is -2.13. The monoisotopic (exact) mass is 293 g/mol. The molecule has 0 unspecified atom stereocenters. The topological polar surface area (TPSA) is 48.3 Å². The molecule has 4 heteroatoms. The minimum Gasteiger partial charge on any atom is -0.497 e. The number of aromatic nitrogens is 1. The van der Waals surface area contributed by atoms with Crippen LogP contribution >= 0.6 is 0 Å². The second-order valence-corrected chi connectivity index (χ2v) is 5.00. The first-order valence-corrected chi connectivity index (χ1v) is 6.91. The number of hydrogen-bond donors (Lipinski definition) is 0. The van der Waals surface area contributed by atoms with Gasteiger partial charge >= 0.3 is 0 Å². The zero-order chi connectivity index (χ0) is 15.7. The van der Waals surface area contributed by atoms with E-state index in [1.165, 1.54) is 0 Å². The minimum absolute atomic E-state index is 0.163. The molecule has 1 heterocycles. The Kier molecular flexibility index (Phi) is 3.51. The highest BCUT2D eigenvalue weighted by Gasteiger charge is 2.19. The van der Waals surface area contributed by atoms with Gasteiger partial charge < -0.3 is 4.74 Å². The van der Waals surface area contributed by atoms with Crippen molar-refractivity contribution in [2.45, 2.75) is 6.92 Å². The van der Waals surface area contributed by atoms with Gasteiger partial charge in [-0.15, -0.1) is 0 Å². The van der Waals surface area contributed by atoms with Gasteiger partial charge in [-0.25, -0.2) is 0 Å². The smallest absolute Gasteiger partial charge is 0.262 e. The Morgan fingerprint density at radius 1 is 1.09 bits per heavy atom. The van der Waals surface area contributed by atoms with Crippen LogP contribution in [0.25, 0.3) is 10.9 Å². The van der Waals surface area contributed by atoms with Crippen molar-refractivity contribution in [2.24, 2.45) is 0 Å². The van der Waals surface area contributed by atoms with Crippen molar-refractivity contribution in [1.29, 1.82) is 0 Å². The Bertz CT molecular complexity index is 860. The fourth-order valence-electron chi connectivity index (χ4n) is 2.67. The maximum Gasteiger partial charge on any atom is 0.262 e. The van der Waals surface area contributed by atoms with E-state index >= 15 is 0 Å². The number of hydrogen-bond acceptors (Lipinski definition) is 3. The van der Waals surface area contributed by atoms with Gasteiger partial charge in [0.05, 0.1) is 12.6 Å². The molecule has 0 aliphatic heterocycles. The van der Waals surface area contributed by atoms with Crippen molar-refractivity contribution in [3.8, 4) is 5.75 Å². The molecule has 0 spiro atoms. The second kappa shape index (κ2) is 5.48. The molecule has 110 valence electrons. The third-order valence-corrected chi connectivity index (χ3v) is 3.82. The molecule has 0 N–H and O–H groups in total. The molecule has 22 heavy (non-hydrogen) atoms. The molecule has 1 aromatic heterocycles. The number of ether oxygens (including phenoxy) is 1. The van der Waals surface area contributed by atoms with Gasteiger partial charge in [0.2, 0.25) is 0 Å². The molecular formula is C18H15NO3. The number of carbonyl (C=O) groups excluding carboxylic acids is 2. The summed E-state index contributed by atoms with van der Waals surface area (Å²) < 4.78 is 6.69. The molecular weight excluding hydrogens is 278 g/mol. The zero-order valence-corrected chi connectivity index (χ0v) is 12.4. The molecule has 0 radical (unpaired) electrons. The Labute approximate surface area is 127 Å². The lowest BCUT2D eigenvalue weighted by atomic mass is 10.1. The van der Waals surface area contributed by atoms with Crippen molar-refractivity contribution in [3.05, 3.63) is 65.4 Å². The third-order valence-electron chi connectivity index (χ3n) is 3.82. The molecule has 2 aromatic carbocycles. The highest BCUT2D eigenvalue weighted by Crippen LogP contribution is 2.25. The van der Waals surface area contributed by atoms with Crippen LogP contribution in [0.2, 0.25) is 0 Å². The van der Waals surface area contributed by atoms with Gasteiger partial charge in [-0.2, -0.15) is 0 Å². The van der Waals surface area contributed by atoms with Crippen molar-refractivity contribution >= 4 is 23.1 Å². The number of aldehydes is 1. The SMILES string of the molecule is COc1ccc(C(=O)n2c(C)c(C=O)c3ccccc32)cc1. The lowest BCUT2D eigenvalue weighted by Gasteiger charge is -2.08. The summed E-state index contributed by atoms with van der Waals surface area (Å²) in [4.78, 5) is 24.2. The Hall–Kier alpha value is -2.88. The highest BCUT2D eigenvalue weighted by molar-refractivity contribution is 6.08. The molecule has 0 saturated carbocycles. The maximum atomic E-state index is 12.8. The number of nitrogens with zero attached hydrogens (tertiary/aromatic N) is 1. The summed E-state index contributed by atoms with van der Waals surface area (Å²) >= 11 is 0. The molecule has 3 aromatic rings. The van der Waals surface area contributed by atoms with Crippen LogP contribution in [0.15, 0.2) is 48.5 Å². The lowest BCUT2D eigenvalue weighted by molar-refractivity contribution is 0.0963. The van der Waals surface area contributed by atoms with Crippen molar-refractivity contribution in [2.75, 3.05) is 7.11 Å². The summed E-state index contributed by atoms with van der Waals surface area (Å²) in [6, 6.07) is 14.3. The van der Waals surface area contributed by atoms with E-state index in [0.717, 1.165) is 17.2 Å². The van der Waals surface area contributed by atoms with Crippen LogP contribution < -0.4 is 4.74 Å². The van der Waals surface area contributed by atoms with Gasteiger partial charge in [-0.3, -0.25) is 14.2 Å². The van der Waals surface area contributed by atoms with Crippen LogP contribution in [-0.4, -0.2) is 23.9 Å². The molecule has 0 atom stereocenters. The maximum absolute atomic E-state index is 12.8. The van der Waals surface area contributed by atoms with Crippen LogP contribution in [0.1, 0.15) is 26.4 Å². The van der Waals surface area contributed by atoms with Gasteiger partial charge in [-0.05, 0) is 37.3 Å². The molecule has 0 aliphatic rings. The van der Waals surface area contributed by atoms with E-state index < -0.39 is 0 Å². The van der Waals surface area contributed by atoms with E-state index in [1.54, 1.807) is 42.9 Å². The van der Waals surface area contributed by atoms with Crippen LogP contribution in [-0.2, 0) is 0 Å². The normalized spacial score (nSPS) is 10.6. The zero-order valence-electron chi connectivity index (χ0n) is 12.4. The fourth-order valence-corrected chi connectivity index (χ4v) is 2.67. The summed E-state index contributed by atoms with van der Waals surface area (Å²) in [6.07, 6.45) is 0.801. The predicted octanol–water partition coefficient (Wildman–Crippen LogP) is 3.46. The van der Waals surface area contributed by atoms with Gasteiger partial charge in [0.25, 0.3) is 5.91 Å². The van der Waals surface area contributed by atoms with Crippen LogP contribution in [0.3, 0.4) is 0 Å². The molecule has 3 rings (SSSR count). The molecule has 0 bridgehead atoms. The van der Waals surface area contributed by atoms with E-state index in [-0.39, 0.29) is 5.91 Å². The van der Waals surface area contributed by atoms with Gasteiger partial charge in [0.15, 0.2) is 6.29 Å². The largest absolute Gasteiger partial charge is 0.497 e. The quantitative estimate of drug-likeness (QED) is 0.695. The van der Waals surface area contributed by atoms with E-state index in [0.29, 0.717) is 22.6 Å². The average Bonchev–Trinajstić information content (AvgIpc) is 2.85. The predicted molar refractivity (Wildman–Crippen MR) is 84.8 cm³/mol. The summed E-state index contributed by atoms with van der Waals surface area (Å²) in [5, 5.41) is 0.789. The minimum atomic E-state index is -0.163. The average molecular weight is 293 g/mol. The van der Waals surface area contributed by atoms with E-state index in [1.807, 2.05) is 24.3 Å². The highest BCUT2D eigenvalue weighted by atomic mass is 16.5. The number of benzene rings is 2. The number of methoxy groups -OCH3 is 1. The molecule has 4 nitrogen and oxygen atoms in total. The molecule has 0 aliphatic carbocycles. The Balaban J connectivity index is 2.18. The standard InChI is InChI=1S/C18H15NO3/c1-12-16(11-20)15-5-3-4-6-17(15)19(12)18(21)13-7-9-14(22-2)10-8-13/h3-11H,1-2H3. The van der Waals surface area contributed by atoms with Crippen molar-refractivity contribution in [3.63, 3.8) is 0 Å². The third kappa shape index (κ3) is 2.09. The van der Waals surface area contributed by atoms with E-state index in [2.05, 4.69) is 0 Å². The summed E-state index contributed by atoms with van der Waals surface area (Å²) in [5.74, 6) is 0.531. The summed E-state index contributed by atoms with van der Waals surface area (Å²) in [5.41, 5.74) is 2.49. The molecule has 0 saturated heterocycles. The molecule has 0 fully saturated rings. The van der Waals surface area contributed by atoms with Crippen LogP contribution in [0, 0.1) is 6.92 Å². The van der Waals surface area contributed by atoms with Crippen LogP contribution in [0.4, 0.5) is 0 Å². The first-order chi connectivity index (χ1) is 10.7. The number of fused-ring (bicyclic) bond motifs is 1. The van der Waals surface area contributed by atoms with Crippen molar-refractivity contribution in [1.82, 2.24) is 4.57 Å². The number of rotatable bonds is 3. The van der Waals surface area contributed by atoms with Gasteiger partial charge in [0, 0.05) is 22.2 Å². The van der Waals surface area contributed by atoms with E-state index in [9.17, 15) is 9.59 Å². The Morgan fingerprint density at radius 2 is 1.77 bits per heavy atom. The first-order valence-electron chi connectivity index (χ1n) is 6.91. The van der Waals surface area contributed by atoms with E-state index in [4.69, 9.17) is 4.74 Å². The second-order valence-electron chi connectivity index (χ2n) is 5.00. The van der Waals surface area contributed by atoms with Gasteiger partial charge in [0.1, 0.15) is 5.75 Å². The molecule has 0 amide bonds. The van der Waals surface area contributed by atoms with Crippen molar-refractivity contribution < 1.29 is 14.3 Å².